The first-order valence-corrected chi connectivity index (χ1v) is 3.86. The largest absolute Gasteiger partial charge is 0.318 e. The summed E-state index contributed by atoms with van der Waals surface area (Å²) in [5.41, 5.74) is 4.66. The number of hydrogen-bond donors (Lipinski definition) is 2. The average Bonchev–Trinajstić information content (AvgIpc) is 2.04. The third-order valence-electron chi connectivity index (χ3n) is 1.39. The van der Waals surface area contributed by atoms with Gasteiger partial charge < -0.3 is 11.1 Å². The Bertz CT molecular complexity index is 291. The van der Waals surface area contributed by atoms with Gasteiger partial charge in [0.15, 0.2) is 5.82 Å². The zero-order valence-electron chi connectivity index (χ0n) is 7.61. The summed E-state index contributed by atoms with van der Waals surface area (Å²) in [5, 5.41) is 2.54. The van der Waals surface area contributed by atoms with Gasteiger partial charge in [-0.1, -0.05) is 0 Å². The standard InChI is InChI=1S/C8H12N4O/c1-8(2,9)7(13)12-6-5-10-3-4-11-6/h3-5H,9H2,1-2H3,(H,11,12,13). The molecule has 1 rings (SSSR count). The van der Waals surface area contributed by atoms with E-state index >= 15 is 0 Å². The maximum absolute atomic E-state index is 11.3. The van der Waals surface area contributed by atoms with Gasteiger partial charge in [0, 0.05) is 12.4 Å². The molecule has 1 aromatic heterocycles. The highest BCUT2D eigenvalue weighted by Crippen LogP contribution is 2.03. The number of amides is 1. The van der Waals surface area contributed by atoms with Crippen molar-refractivity contribution in [1.29, 1.82) is 0 Å². The van der Waals surface area contributed by atoms with Crippen LogP contribution in [0.15, 0.2) is 18.6 Å². The zero-order chi connectivity index (χ0) is 9.90. The molecule has 3 N–H and O–H groups in total. The fraction of sp³-hybridized carbons (Fsp3) is 0.375. The van der Waals surface area contributed by atoms with Crippen LogP contribution in [0.5, 0.6) is 0 Å². The van der Waals surface area contributed by atoms with Crippen molar-refractivity contribution < 1.29 is 4.79 Å². The van der Waals surface area contributed by atoms with Crippen molar-refractivity contribution in [3.63, 3.8) is 0 Å². The van der Waals surface area contributed by atoms with E-state index < -0.39 is 5.54 Å². The van der Waals surface area contributed by atoms with Crippen molar-refractivity contribution in [3.8, 4) is 0 Å². The summed E-state index contributed by atoms with van der Waals surface area (Å²) < 4.78 is 0. The van der Waals surface area contributed by atoms with Gasteiger partial charge in [0.1, 0.15) is 0 Å². The number of nitrogens with zero attached hydrogens (tertiary/aromatic N) is 2. The number of aromatic nitrogens is 2. The lowest BCUT2D eigenvalue weighted by atomic mass is 10.1. The van der Waals surface area contributed by atoms with Crippen molar-refractivity contribution in [2.45, 2.75) is 19.4 Å². The Morgan fingerprint density at radius 1 is 1.54 bits per heavy atom. The predicted molar refractivity (Wildman–Crippen MR) is 48.9 cm³/mol. The van der Waals surface area contributed by atoms with Crippen LogP contribution in [-0.2, 0) is 4.79 Å². The number of rotatable bonds is 2. The second-order valence-corrected chi connectivity index (χ2v) is 3.27. The van der Waals surface area contributed by atoms with Crippen LogP contribution in [0.3, 0.4) is 0 Å². The topological polar surface area (TPSA) is 80.9 Å². The van der Waals surface area contributed by atoms with E-state index in [1.54, 1.807) is 13.8 Å². The maximum Gasteiger partial charge on any atom is 0.245 e. The molecule has 0 fully saturated rings. The highest BCUT2D eigenvalue weighted by Gasteiger charge is 2.21. The molecule has 0 aromatic carbocycles. The van der Waals surface area contributed by atoms with E-state index in [1.807, 2.05) is 0 Å². The summed E-state index contributed by atoms with van der Waals surface area (Å²) in [7, 11) is 0. The number of anilines is 1. The molecule has 5 heteroatoms. The van der Waals surface area contributed by atoms with Gasteiger partial charge in [-0.25, -0.2) is 4.98 Å². The normalized spacial score (nSPS) is 11.0. The van der Waals surface area contributed by atoms with E-state index in [0.717, 1.165) is 0 Å². The van der Waals surface area contributed by atoms with Gasteiger partial charge in [-0.05, 0) is 13.8 Å². The summed E-state index contributed by atoms with van der Waals surface area (Å²) in [6.07, 6.45) is 4.49. The lowest BCUT2D eigenvalue weighted by Crippen LogP contribution is -2.45. The van der Waals surface area contributed by atoms with Gasteiger partial charge in [0.2, 0.25) is 5.91 Å². The quantitative estimate of drug-likeness (QED) is 0.679. The Morgan fingerprint density at radius 2 is 2.23 bits per heavy atom. The Labute approximate surface area is 76.4 Å². The van der Waals surface area contributed by atoms with Gasteiger partial charge in [-0.2, -0.15) is 0 Å². The third-order valence-corrected chi connectivity index (χ3v) is 1.39. The van der Waals surface area contributed by atoms with Crippen LogP contribution in [0.1, 0.15) is 13.8 Å². The first-order valence-electron chi connectivity index (χ1n) is 3.86. The molecule has 0 aliphatic heterocycles. The minimum atomic E-state index is -0.905. The first kappa shape index (κ1) is 9.60. The van der Waals surface area contributed by atoms with E-state index in [4.69, 9.17) is 5.73 Å². The number of nitrogens with two attached hydrogens (primary N) is 1. The van der Waals surface area contributed by atoms with Crippen LogP contribution in [0.25, 0.3) is 0 Å². The number of nitrogens with one attached hydrogen (secondary N) is 1. The minimum absolute atomic E-state index is 0.284. The van der Waals surface area contributed by atoms with E-state index in [0.29, 0.717) is 5.82 Å². The second kappa shape index (κ2) is 3.49. The van der Waals surface area contributed by atoms with E-state index in [2.05, 4.69) is 15.3 Å². The van der Waals surface area contributed by atoms with Crippen LogP contribution in [0.4, 0.5) is 5.82 Å². The molecule has 0 spiro atoms. The minimum Gasteiger partial charge on any atom is -0.318 e. The molecule has 0 atom stereocenters. The van der Waals surface area contributed by atoms with Crippen LogP contribution < -0.4 is 11.1 Å². The van der Waals surface area contributed by atoms with Crippen LogP contribution >= 0.6 is 0 Å². The molecule has 1 heterocycles. The highest BCUT2D eigenvalue weighted by atomic mass is 16.2. The zero-order valence-corrected chi connectivity index (χ0v) is 7.61. The summed E-state index contributed by atoms with van der Waals surface area (Å²) in [6.45, 7) is 3.25. The van der Waals surface area contributed by atoms with Crippen molar-refractivity contribution in [2.75, 3.05) is 5.32 Å². The fourth-order valence-corrected chi connectivity index (χ4v) is 0.641. The fourth-order valence-electron chi connectivity index (χ4n) is 0.641. The van der Waals surface area contributed by atoms with Crippen LogP contribution in [-0.4, -0.2) is 21.4 Å². The lowest BCUT2D eigenvalue weighted by Gasteiger charge is -2.16. The molecule has 0 unspecified atom stereocenters. The smallest absolute Gasteiger partial charge is 0.245 e. The molecule has 0 saturated heterocycles. The molecule has 0 bridgehead atoms. The molecular formula is C8H12N4O. The van der Waals surface area contributed by atoms with Crippen LogP contribution in [0.2, 0.25) is 0 Å². The molecule has 1 aromatic rings. The number of hydrogen-bond acceptors (Lipinski definition) is 4. The maximum atomic E-state index is 11.3. The van der Waals surface area contributed by atoms with Crippen LogP contribution in [0, 0.1) is 0 Å². The number of carbonyl (C=O) groups excluding carboxylic acids is 1. The van der Waals surface area contributed by atoms with Gasteiger partial charge in [0.25, 0.3) is 0 Å². The SMILES string of the molecule is CC(C)(N)C(=O)Nc1cnccn1. The molecule has 1 amide bonds. The first-order chi connectivity index (χ1) is 6.00. The summed E-state index contributed by atoms with van der Waals surface area (Å²) in [4.78, 5) is 19.0. The van der Waals surface area contributed by atoms with Crippen molar-refractivity contribution in [1.82, 2.24) is 9.97 Å². The average molecular weight is 180 g/mol. The Morgan fingerprint density at radius 3 is 2.69 bits per heavy atom. The molecular weight excluding hydrogens is 168 g/mol. The van der Waals surface area contributed by atoms with E-state index in [9.17, 15) is 4.79 Å². The van der Waals surface area contributed by atoms with Gasteiger partial charge in [-0.3, -0.25) is 9.78 Å². The monoisotopic (exact) mass is 180 g/mol. The third kappa shape index (κ3) is 2.79. The summed E-state index contributed by atoms with van der Waals surface area (Å²) in [6, 6.07) is 0. The van der Waals surface area contributed by atoms with E-state index in [-0.39, 0.29) is 5.91 Å². The van der Waals surface area contributed by atoms with E-state index in [1.165, 1.54) is 18.6 Å². The molecule has 70 valence electrons. The van der Waals surface area contributed by atoms with Gasteiger partial charge in [0.05, 0.1) is 11.7 Å². The summed E-state index contributed by atoms with van der Waals surface area (Å²) >= 11 is 0. The predicted octanol–water partition coefficient (Wildman–Crippen LogP) is 0.152. The molecule has 0 radical (unpaired) electrons. The van der Waals surface area contributed by atoms with Crippen molar-refractivity contribution >= 4 is 11.7 Å². The summed E-state index contributed by atoms with van der Waals surface area (Å²) in [5.74, 6) is 0.124. The molecule has 13 heavy (non-hydrogen) atoms. The Hall–Kier alpha value is -1.49. The Kier molecular flexibility index (Phi) is 2.57. The second-order valence-electron chi connectivity index (χ2n) is 3.27. The van der Waals surface area contributed by atoms with Gasteiger partial charge >= 0.3 is 0 Å². The van der Waals surface area contributed by atoms with Crippen molar-refractivity contribution in [3.05, 3.63) is 18.6 Å². The highest BCUT2D eigenvalue weighted by molar-refractivity contribution is 5.96. The van der Waals surface area contributed by atoms with Gasteiger partial charge in [-0.15, -0.1) is 0 Å². The molecule has 0 saturated carbocycles. The molecule has 0 aliphatic rings. The molecule has 5 nitrogen and oxygen atoms in total. The lowest BCUT2D eigenvalue weighted by molar-refractivity contribution is -0.120. The van der Waals surface area contributed by atoms with Crippen molar-refractivity contribution in [2.24, 2.45) is 5.73 Å². The Balaban J connectivity index is 2.66. The molecule has 0 aliphatic carbocycles. The number of carbonyl (C=O) groups is 1.